The highest BCUT2D eigenvalue weighted by molar-refractivity contribution is 9.10. The van der Waals surface area contributed by atoms with Crippen LogP contribution < -0.4 is 0 Å². The summed E-state index contributed by atoms with van der Waals surface area (Å²) in [6.45, 7) is 9.55. The van der Waals surface area contributed by atoms with Gasteiger partial charge in [-0.3, -0.25) is 4.79 Å². The van der Waals surface area contributed by atoms with Crippen LogP contribution in [0.15, 0.2) is 40.4 Å². The van der Waals surface area contributed by atoms with Crippen molar-refractivity contribution in [1.82, 2.24) is 0 Å². The van der Waals surface area contributed by atoms with Crippen molar-refractivity contribution >= 4 is 21.7 Å². The third kappa shape index (κ3) is 4.00. The first-order valence-electron chi connectivity index (χ1n) is 13.5. The number of Topliss-reactive ketones (excluding diaryl/α,β-unsaturated/α-hetero) is 1. The predicted octanol–water partition coefficient (Wildman–Crippen LogP) is 6.98. The zero-order valence-corrected chi connectivity index (χ0v) is 23.3. The van der Waals surface area contributed by atoms with Gasteiger partial charge in [0.15, 0.2) is 11.6 Å². The molecule has 0 saturated heterocycles. The summed E-state index contributed by atoms with van der Waals surface area (Å²) in [6.07, 6.45) is 9.79. The molecule has 192 valence electrons. The summed E-state index contributed by atoms with van der Waals surface area (Å²) in [4.78, 5) is 12.9. The molecule has 5 rings (SSSR count). The van der Waals surface area contributed by atoms with Crippen molar-refractivity contribution in [3.63, 3.8) is 0 Å². The molecule has 0 unspecified atom stereocenters. The fraction of sp³-hybridized carbons (Fsp3) is 0.700. The molecule has 0 heterocycles. The number of hydrogen-bond acceptors (Lipinski definition) is 4. The molecule has 0 radical (unpaired) electrons. The molecular formula is C30H41BrO4. The highest BCUT2D eigenvalue weighted by Crippen LogP contribution is 2.68. The fourth-order valence-corrected chi connectivity index (χ4v) is 8.97. The van der Waals surface area contributed by atoms with E-state index in [1.165, 1.54) is 5.57 Å². The summed E-state index contributed by atoms with van der Waals surface area (Å²) in [7, 11) is 0. The first-order valence-corrected chi connectivity index (χ1v) is 14.3. The quantitative estimate of drug-likeness (QED) is 0.310. The summed E-state index contributed by atoms with van der Waals surface area (Å²) in [6, 6.07) is 8.09. The number of ether oxygens (including phenoxy) is 2. The number of halogens is 1. The summed E-state index contributed by atoms with van der Waals surface area (Å²) in [5.41, 5.74) is 1.86. The van der Waals surface area contributed by atoms with E-state index in [9.17, 15) is 9.90 Å². The lowest BCUT2D eigenvalue weighted by molar-refractivity contribution is -0.232. The Morgan fingerprint density at radius 1 is 1.06 bits per heavy atom. The molecule has 0 amide bonds. The summed E-state index contributed by atoms with van der Waals surface area (Å²) < 4.78 is 13.5. The van der Waals surface area contributed by atoms with E-state index in [4.69, 9.17) is 9.47 Å². The Kier molecular flexibility index (Phi) is 6.65. The first-order chi connectivity index (χ1) is 16.6. The molecule has 0 spiro atoms. The van der Waals surface area contributed by atoms with E-state index >= 15 is 0 Å². The van der Waals surface area contributed by atoms with Crippen LogP contribution in [-0.2, 0) is 20.9 Å². The first kappa shape index (κ1) is 25.6. The molecule has 0 aromatic heterocycles. The number of fused-ring (bicyclic) bond motifs is 5. The van der Waals surface area contributed by atoms with Gasteiger partial charge in [-0.05, 0) is 93.2 Å². The van der Waals surface area contributed by atoms with Gasteiger partial charge in [0.25, 0.3) is 0 Å². The molecule has 1 aromatic rings. The van der Waals surface area contributed by atoms with Crippen LogP contribution in [0.1, 0.15) is 84.6 Å². The summed E-state index contributed by atoms with van der Waals surface area (Å²) in [5.74, 6) is 0.813. The van der Waals surface area contributed by atoms with Crippen LogP contribution >= 0.6 is 15.9 Å². The van der Waals surface area contributed by atoms with Crippen LogP contribution in [0.25, 0.3) is 0 Å². The van der Waals surface area contributed by atoms with Gasteiger partial charge in [-0.15, -0.1) is 0 Å². The van der Waals surface area contributed by atoms with E-state index in [-0.39, 0.29) is 16.6 Å². The van der Waals surface area contributed by atoms with Crippen molar-refractivity contribution < 1.29 is 19.4 Å². The summed E-state index contributed by atoms with van der Waals surface area (Å²) >= 11 is 3.48. The molecule has 35 heavy (non-hydrogen) atoms. The maximum absolute atomic E-state index is 12.9. The van der Waals surface area contributed by atoms with Gasteiger partial charge in [0.1, 0.15) is 5.60 Å². The molecule has 4 aliphatic carbocycles. The number of hydrogen-bond donors (Lipinski definition) is 1. The number of aliphatic hydroxyl groups is 1. The molecule has 0 bridgehead atoms. The highest BCUT2D eigenvalue weighted by atomic mass is 79.9. The number of rotatable bonds is 6. The van der Waals surface area contributed by atoms with Crippen LogP contribution in [0.3, 0.4) is 0 Å². The number of ketones is 1. The SMILES string of the molecule is CCO[C@]1(C(C)=O)CC[C@H]2[C@@H]3CC=C4C[C@](O)(OCc5ccc(Br)cc5)CC[C@]4(C)[C@H]3CC[C@@]21C. The van der Waals surface area contributed by atoms with Crippen molar-refractivity contribution in [2.75, 3.05) is 6.61 Å². The monoisotopic (exact) mass is 544 g/mol. The van der Waals surface area contributed by atoms with Crippen LogP contribution in [0.4, 0.5) is 0 Å². The smallest absolute Gasteiger partial charge is 0.169 e. The molecule has 1 aromatic carbocycles. The van der Waals surface area contributed by atoms with Gasteiger partial charge in [-0.25, -0.2) is 0 Å². The zero-order chi connectivity index (χ0) is 25.1. The Bertz CT molecular complexity index is 1000. The van der Waals surface area contributed by atoms with Gasteiger partial charge < -0.3 is 14.6 Å². The average molecular weight is 546 g/mol. The predicted molar refractivity (Wildman–Crippen MR) is 141 cm³/mol. The van der Waals surface area contributed by atoms with E-state index in [0.29, 0.717) is 43.8 Å². The van der Waals surface area contributed by atoms with Crippen LogP contribution in [0.5, 0.6) is 0 Å². The Morgan fingerprint density at radius 3 is 2.46 bits per heavy atom. The Hall–Kier alpha value is -1.01. The molecule has 5 heteroatoms. The fourth-order valence-electron chi connectivity index (χ4n) is 8.70. The molecule has 3 fully saturated rings. The van der Waals surface area contributed by atoms with Crippen LogP contribution in [-0.4, -0.2) is 28.9 Å². The van der Waals surface area contributed by atoms with E-state index in [1.54, 1.807) is 6.92 Å². The molecule has 4 nitrogen and oxygen atoms in total. The number of carbonyl (C=O) groups is 1. The molecule has 3 saturated carbocycles. The second-order valence-electron chi connectivity index (χ2n) is 12.1. The summed E-state index contributed by atoms with van der Waals surface area (Å²) in [5, 5.41) is 11.4. The van der Waals surface area contributed by atoms with Crippen molar-refractivity contribution in [3.8, 4) is 0 Å². The van der Waals surface area contributed by atoms with Crippen molar-refractivity contribution in [3.05, 3.63) is 46.0 Å². The molecule has 7 atom stereocenters. The number of allylic oxidation sites excluding steroid dienone is 1. The Morgan fingerprint density at radius 2 is 1.77 bits per heavy atom. The maximum Gasteiger partial charge on any atom is 0.169 e. The van der Waals surface area contributed by atoms with Gasteiger partial charge in [-0.1, -0.05) is 53.6 Å². The topological polar surface area (TPSA) is 55.8 Å². The standard InChI is InChI=1S/C30H41BrO4/c1-5-34-30(20(2)32)15-13-26-24-11-8-22-18-29(33,35-19-21-6-9-23(31)10-7-21)17-16-27(22,3)25(24)12-14-28(26,30)4/h6-10,24-26,33H,5,11-19H2,1-4H3/t24-,25+,26+,27+,28+,29-,30+/m1/s1. The van der Waals surface area contributed by atoms with Crippen molar-refractivity contribution in [2.24, 2.45) is 28.6 Å². The lowest BCUT2D eigenvalue weighted by Crippen LogP contribution is -2.58. The Labute approximate surface area is 219 Å². The van der Waals surface area contributed by atoms with E-state index in [0.717, 1.165) is 48.6 Å². The van der Waals surface area contributed by atoms with Gasteiger partial charge in [0.05, 0.1) is 6.61 Å². The van der Waals surface area contributed by atoms with E-state index < -0.39 is 11.4 Å². The van der Waals surface area contributed by atoms with Crippen LogP contribution in [0, 0.1) is 28.6 Å². The minimum atomic E-state index is -1.10. The minimum absolute atomic E-state index is 0.0824. The van der Waals surface area contributed by atoms with Crippen molar-refractivity contribution in [1.29, 1.82) is 0 Å². The number of benzene rings is 1. The third-order valence-electron chi connectivity index (χ3n) is 10.6. The second kappa shape index (κ2) is 9.08. The van der Waals surface area contributed by atoms with Crippen LogP contribution in [0.2, 0.25) is 0 Å². The second-order valence-corrected chi connectivity index (χ2v) is 13.0. The van der Waals surface area contributed by atoms with E-state index in [1.807, 2.05) is 31.2 Å². The lowest BCUT2D eigenvalue weighted by atomic mass is 9.46. The van der Waals surface area contributed by atoms with Crippen molar-refractivity contribution in [2.45, 2.75) is 97.1 Å². The van der Waals surface area contributed by atoms with Gasteiger partial charge in [0, 0.05) is 29.3 Å². The average Bonchev–Trinajstić information content (AvgIpc) is 3.13. The molecule has 4 aliphatic rings. The largest absolute Gasteiger partial charge is 0.367 e. The van der Waals surface area contributed by atoms with E-state index in [2.05, 4.69) is 35.9 Å². The molecule has 1 N–H and O–H groups in total. The Balaban J connectivity index is 1.35. The van der Waals surface area contributed by atoms with Gasteiger partial charge in [-0.2, -0.15) is 0 Å². The number of carbonyl (C=O) groups excluding carboxylic acids is 1. The highest BCUT2D eigenvalue weighted by Gasteiger charge is 2.66. The zero-order valence-electron chi connectivity index (χ0n) is 21.7. The lowest BCUT2D eigenvalue weighted by Gasteiger charge is -2.60. The third-order valence-corrected chi connectivity index (χ3v) is 11.2. The van der Waals surface area contributed by atoms with Gasteiger partial charge in [0.2, 0.25) is 0 Å². The molecule has 0 aliphatic heterocycles. The maximum atomic E-state index is 12.9. The molecular weight excluding hydrogens is 504 g/mol. The minimum Gasteiger partial charge on any atom is -0.367 e. The normalized spacial score (nSPS) is 42.6. The van der Waals surface area contributed by atoms with Gasteiger partial charge >= 0.3 is 0 Å².